The molecule has 8 atom stereocenters. The van der Waals surface area contributed by atoms with Crippen LogP contribution in [0.5, 0.6) is 0 Å². The lowest BCUT2D eigenvalue weighted by Gasteiger charge is -2.37. The zero-order chi connectivity index (χ0) is 38.4. The fraction of sp³-hybridized carbons (Fsp3) is 0.478. The van der Waals surface area contributed by atoms with Gasteiger partial charge in [-0.3, -0.25) is 4.90 Å². The molecule has 0 aromatic heterocycles. The summed E-state index contributed by atoms with van der Waals surface area (Å²) in [6, 6.07) is 25.2. The average molecular weight is 739 g/mol. The summed E-state index contributed by atoms with van der Waals surface area (Å²) >= 11 is 0. The summed E-state index contributed by atoms with van der Waals surface area (Å²) in [5, 5.41) is 46.6. The number of hydrogen-bond donors (Lipinski definition) is 5. The standard InChI is InChI=1S/2C23H28FNO2/c1-15-3-8-22-20(13-15)21(17-9-11-25(12-10-17)16(2)26)14-23(22,27)18-4-6-19(24)7-5-18;1-14-3-8-21-19(11-14)20(16-9-10-25-22(12-16)15(2)26)13-23(21,27)17-4-6-18(24)7-5-17/h3-8,13,16-17,21,26-27H,9-12,14H2,1-2H3;3-8,11,15-16,20,22,25-27H,9-10,12-13H2,1-2H3. The first-order valence-electron chi connectivity index (χ1n) is 19.8. The van der Waals surface area contributed by atoms with Crippen LogP contribution in [0.15, 0.2) is 84.9 Å². The number of piperidine rings is 2. The van der Waals surface area contributed by atoms with Gasteiger partial charge in [-0.05, 0) is 154 Å². The molecular weight excluding hydrogens is 683 g/mol. The topological polar surface area (TPSA) is 96.2 Å². The third kappa shape index (κ3) is 7.54. The Kier molecular flexibility index (Phi) is 11.2. The van der Waals surface area contributed by atoms with Crippen LogP contribution in [0.1, 0.15) is 109 Å². The molecule has 4 aliphatic rings. The third-order valence-corrected chi connectivity index (χ3v) is 13.1. The van der Waals surface area contributed by atoms with Crippen LogP contribution in [0.2, 0.25) is 0 Å². The van der Waals surface area contributed by atoms with Crippen molar-refractivity contribution in [2.75, 3.05) is 19.6 Å². The van der Waals surface area contributed by atoms with Crippen molar-refractivity contribution in [1.82, 2.24) is 10.2 Å². The molecule has 54 heavy (non-hydrogen) atoms. The predicted molar refractivity (Wildman–Crippen MR) is 208 cm³/mol. The molecule has 4 aromatic rings. The van der Waals surface area contributed by atoms with E-state index in [9.17, 15) is 29.2 Å². The maximum Gasteiger partial charge on any atom is 0.123 e. The number of likely N-dealkylation sites (tertiary alicyclic amines) is 1. The van der Waals surface area contributed by atoms with Crippen molar-refractivity contribution in [2.24, 2.45) is 11.8 Å². The van der Waals surface area contributed by atoms with Crippen LogP contribution in [0, 0.1) is 37.3 Å². The number of halogens is 2. The minimum absolute atomic E-state index is 0.0940. The highest BCUT2D eigenvalue weighted by Gasteiger charge is 2.48. The van der Waals surface area contributed by atoms with E-state index < -0.39 is 17.4 Å². The molecule has 288 valence electrons. The molecule has 0 spiro atoms. The van der Waals surface area contributed by atoms with Gasteiger partial charge in [0.05, 0.1) is 6.10 Å². The number of hydrogen-bond acceptors (Lipinski definition) is 6. The van der Waals surface area contributed by atoms with Gasteiger partial charge in [-0.2, -0.15) is 0 Å². The van der Waals surface area contributed by atoms with E-state index in [4.69, 9.17) is 0 Å². The van der Waals surface area contributed by atoms with Crippen LogP contribution in [0.25, 0.3) is 0 Å². The molecule has 2 heterocycles. The zero-order valence-corrected chi connectivity index (χ0v) is 32.0. The Morgan fingerprint density at radius 1 is 0.667 bits per heavy atom. The van der Waals surface area contributed by atoms with Gasteiger partial charge < -0.3 is 25.7 Å². The van der Waals surface area contributed by atoms with Crippen LogP contribution in [0.4, 0.5) is 8.78 Å². The van der Waals surface area contributed by atoms with E-state index in [0.717, 1.165) is 67.6 Å². The molecule has 0 radical (unpaired) electrons. The van der Waals surface area contributed by atoms with Gasteiger partial charge in [0.1, 0.15) is 29.1 Å². The molecule has 2 aliphatic carbocycles. The molecule has 0 saturated carbocycles. The van der Waals surface area contributed by atoms with E-state index in [1.165, 1.54) is 46.5 Å². The molecule has 8 rings (SSSR count). The molecule has 2 aliphatic heterocycles. The Hall–Kier alpha value is -3.50. The molecule has 5 N–H and O–H groups in total. The van der Waals surface area contributed by atoms with Crippen molar-refractivity contribution in [3.8, 4) is 0 Å². The molecule has 8 unspecified atom stereocenters. The lowest BCUT2D eigenvalue weighted by atomic mass is 9.77. The molecule has 0 amide bonds. The summed E-state index contributed by atoms with van der Waals surface area (Å²) < 4.78 is 26.8. The second-order valence-corrected chi connectivity index (χ2v) is 16.6. The lowest BCUT2D eigenvalue weighted by Crippen LogP contribution is -2.45. The highest BCUT2D eigenvalue weighted by atomic mass is 19.1. The number of rotatable bonds is 6. The number of aliphatic hydroxyl groups excluding tert-OH is 2. The second-order valence-electron chi connectivity index (χ2n) is 16.6. The van der Waals surface area contributed by atoms with Gasteiger partial charge in [-0.15, -0.1) is 0 Å². The van der Waals surface area contributed by atoms with Crippen LogP contribution < -0.4 is 5.32 Å². The number of nitrogens with zero attached hydrogens (tertiary/aromatic N) is 1. The van der Waals surface area contributed by atoms with E-state index in [1.54, 1.807) is 24.3 Å². The summed E-state index contributed by atoms with van der Waals surface area (Å²) in [6.07, 6.45) is 4.41. The summed E-state index contributed by atoms with van der Waals surface area (Å²) in [7, 11) is 0. The predicted octanol–water partition coefficient (Wildman–Crippen LogP) is 7.51. The number of aliphatic hydroxyl groups is 4. The summed E-state index contributed by atoms with van der Waals surface area (Å²) in [6.45, 7) is 10.5. The number of aryl methyl sites for hydroxylation is 2. The molecule has 4 aromatic carbocycles. The molecule has 2 fully saturated rings. The minimum atomic E-state index is -1.09. The van der Waals surface area contributed by atoms with Gasteiger partial charge in [0.2, 0.25) is 0 Å². The summed E-state index contributed by atoms with van der Waals surface area (Å²) in [4.78, 5) is 2.11. The van der Waals surface area contributed by atoms with Crippen molar-refractivity contribution in [2.45, 2.75) is 108 Å². The first-order chi connectivity index (χ1) is 25.8. The van der Waals surface area contributed by atoms with Crippen molar-refractivity contribution in [3.05, 3.63) is 141 Å². The fourth-order valence-corrected chi connectivity index (χ4v) is 10.1. The molecular formula is C46H56F2N2O4. The Morgan fingerprint density at radius 3 is 1.57 bits per heavy atom. The molecule has 2 saturated heterocycles. The van der Waals surface area contributed by atoms with Crippen molar-refractivity contribution < 1.29 is 29.2 Å². The smallest absolute Gasteiger partial charge is 0.123 e. The van der Waals surface area contributed by atoms with Gasteiger partial charge in [-0.1, -0.05) is 71.8 Å². The third-order valence-electron chi connectivity index (χ3n) is 13.1. The number of fused-ring (bicyclic) bond motifs is 2. The van der Waals surface area contributed by atoms with Crippen LogP contribution in [-0.4, -0.2) is 63.3 Å². The Bertz CT molecular complexity index is 1910. The van der Waals surface area contributed by atoms with Crippen LogP contribution in [-0.2, 0) is 11.2 Å². The fourth-order valence-electron chi connectivity index (χ4n) is 10.1. The van der Waals surface area contributed by atoms with Crippen LogP contribution in [0.3, 0.4) is 0 Å². The van der Waals surface area contributed by atoms with E-state index >= 15 is 0 Å². The Balaban J connectivity index is 0.000000167. The summed E-state index contributed by atoms with van der Waals surface area (Å²) in [5.41, 5.74) is 6.08. The maximum absolute atomic E-state index is 13.4. The number of benzene rings is 4. The van der Waals surface area contributed by atoms with E-state index in [-0.39, 0.29) is 35.6 Å². The van der Waals surface area contributed by atoms with Gasteiger partial charge in [0.15, 0.2) is 0 Å². The van der Waals surface area contributed by atoms with Crippen LogP contribution >= 0.6 is 0 Å². The Morgan fingerprint density at radius 2 is 1.13 bits per heavy atom. The van der Waals surface area contributed by atoms with Crippen molar-refractivity contribution >= 4 is 0 Å². The average Bonchev–Trinajstić information content (AvgIpc) is 3.63. The highest BCUT2D eigenvalue weighted by molar-refractivity contribution is 5.51. The largest absolute Gasteiger partial charge is 0.392 e. The van der Waals surface area contributed by atoms with E-state index in [0.29, 0.717) is 24.7 Å². The SMILES string of the molecule is Cc1ccc2c(c1)C(C1CCN(C(C)O)CC1)CC2(O)c1ccc(F)cc1.Cc1ccc2c(c1)C(C1CCNC(C(C)O)C1)CC2(O)c1ccc(F)cc1. The van der Waals surface area contributed by atoms with Crippen molar-refractivity contribution in [3.63, 3.8) is 0 Å². The zero-order valence-electron chi connectivity index (χ0n) is 32.0. The first kappa shape index (κ1) is 38.8. The highest BCUT2D eigenvalue weighted by Crippen LogP contribution is 2.54. The monoisotopic (exact) mass is 738 g/mol. The van der Waals surface area contributed by atoms with Gasteiger partial charge in [-0.25, -0.2) is 8.78 Å². The molecule has 0 bridgehead atoms. The second kappa shape index (κ2) is 15.6. The molecule has 6 nitrogen and oxygen atoms in total. The van der Waals surface area contributed by atoms with E-state index in [2.05, 4.69) is 36.2 Å². The minimum Gasteiger partial charge on any atom is -0.392 e. The quantitative estimate of drug-likeness (QED) is 0.141. The first-order valence-corrected chi connectivity index (χ1v) is 19.8. The van der Waals surface area contributed by atoms with Crippen molar-refractivity contribution in [1.29, 1.82) is 0 Å². The van der Waals surface area contributed by atoms with Gasteiger partial charge >= 0.3 is 0 Å². The Labute approximate surface area is 318 Å². The van der Waals surface area contributed by atoms with Gasteiger partial charge in [0.25, 0.3) is 0 Å². The maximum atomic E-state index is 13.4. The number of nitrogens with one attached hydrogen (secondary N) is 1. The molecule has 8 heteroatoms. The normalized spacial score (nSPS) is 29.5. The van der Waals surface area contributed by atoms with Gasteiger partial charge in [0, 0.05) is 19.1 Å². The van der Waals surface area contributed by atoms with E-state index in [1.807, 2.05) is 38.1 Å². The summed E-state index contributed by atoms with van der Waals surface area (Å²) in [5.74, 6) is 0.825. The lowest BCUT2D eigenvalue weighted by molar-refractivity contribution is -0.00887.